The van der Waals surface area contributed by atoms with E-state index in [0.29, 0.717) is 24.8 Å². The summed E-state index contributed by atoms with van der Waals surface area (Å²) in [5.41, 5.74) is 12.0. The van der Waals surface area contributed by atoms with Gasteiger partial charge in [-0.3, -0.25) is 4.79 Å². The molecule has 1 amide bonds. The largest absolute Gasteiger partial charge is 0.378 e. The minimum atomic E-state index is -0.791. The highest BCUT2D eigenvalue weighted by Crippen LogP contribution is 2.26. The first kappa shape index (κ1) is 21.2. The van der Waals surface area contributed by atoms with Crippen molar-refractivity contribution < 1.29 is 13.9 Å². The maximum absolute atomic E-state index is 14.6. The van der Waals surface area contributed by atoms with Crippen molar-refractivity contribution >= 4 is 29.2 Å². The van der Waals surface area contributed by atoms with Crippen LogP contribution in [0.5, 0.6) is 0 Å². The summed E-state index contributed by atoms with van der Waals surface area (Å²) in [6, 6.07) is 0.916. The van der Waals surface area contributed by atoms with Gasteiger partial charge in [-0.2, -0.15) is 0 Å². The number of carbonyl (C=O) groups is 1. The number of nitrogens with one attached hydrogen (secondary N) is 2. The number of primary amides is 1. The van der Waals surface area contributed by atoms with Crippen molar-refractivity contribution in [2.45, 2.75) is 37.8 Å². The third-order valence-electron chi connectivity index (χ3n) is 5.58. The minimum Gasteiger partial charge on any atom is -0.378 e. The molecule has 3 heterocycles. The molecule has 31 heavy (non-hydrogen) atoms. The Morgan fingerprint density at radius 2 is 1.87 bits per heavy atom. The predicted octanol–water partition coefficient (Wildman–Crippen LogP) is 1.37. The van der Waals surface area contributed by atoms with Crippen molar-refractivity contribution in [3.8, 4) is 0 Å². The van der Waals surface area contributed by atoms with Crippen LogP contribution in [0.15, 0.2) is 18.5 Å². The molecule has 10 nitrogen and oxygen atoms in total. The molecule has 1 aliphatic heterocycles. The second-order valence-electron chi connectivity index (χ2n) is 7.77. The lowest BCUT2D eigenvalue weighted by Gasteiger charge is -2.30. The van der Waals surface area contributed by atoms with Gasteiger partial charge in [0.15, 0.2) is 11.6 Å². The maximum atomic E-state index is 14.6. The lowest BCUT2D eigenvalue weighted by Crippen LogP contribution is -2.43. The van der Waals surface area contributed by atoms with Gasteiger partial charge < -0.3 is 31.7 Å². The normalized spacial score (nSPS) is 21.5. The van der Waals surface area contributed by atoms with E-state index in [1.165, 1.54) is 0 Å². The van der Waals surface area contributed by atoms with Crippen molar-refractivity contribution in [1.29, 1.82) is 0 Å². The lowest BCUT2D eigenvalue weighted by molar-refractivity contribution is 0.100. The fraction of sp³-hybridized carbons (Fsp3) is 0.500. The molecule has 2 fully saturated rings. The van der Waals surface area contributed by atoms with Crippen LogP contribution in [-0.2, 0) is 4.74 Å². The molecule has 2 aliphatic rings. The number of halogens is 1. The van der Waals surface area contributed by atoms with Crippen molar-refractivity contribution in [3.63, 3.8) is 0 Å². The Labute approximate surface area is 179 Å². The SMILES string of the molecule is NC(=O)c1cc(F)c(NC2CCCCC2N)nc1Nc1cnc(N2CCOCC2)nc1. The van der Waals surface area contributed by atoms with Crippen LogP contribution in [0.1, 0.15) is 36.0 Å². The van der Waals surface area contributed by atoms with E-state index < -0.39 is 11.7 Å². The number of hydrogen-bond donors (Lipinski definition) is 4. The first-order valence-electron chi connectivity index (χ1n) is 10.5. The van der Waals surface area contributed by atoms with Gasteiger partial charge in [0, 0.05) is 25.2 Å². The highest BCUT2D eigenvalue weighted by molar-refractivity contribution is 5.98. The molecule has 0 bridgehead atoms. The van der Waals surface area contributed by atoms with E-state index in [9.17, 15) is 9.18 Å². The highest BCUT2D eigenvalue weighted by Gasteiger charge is 2.24. The van der Waals surface area contributed by atoms with Crippen LogP contribution in [0.3, 0.4) is 0 Å². The molecule has 1 aliphatic carbocycles. The molecule has 2 aromatic rings. The second-order valence-corrected chi connectivity index (χ2v) is 7.77. The van der Waals surface area contributed by atoms with Crippen LogP contribution in [0.4, 0.5) is 27.7 Å². The summed E-state index contributed by atoms with van der Waals surface area (Å²) in [4.78, 5) is 26.9. The Bertz CT molecular complexity index is 920. The zero-order valence-electron chi connectivity index (χ0n) is 17.2. The van der Waals surface area contributed by atoms with Gasteiger partial charge in [0.1, 0.15) is 5.82 Å². The van der Waals surface area contributed by atoms with E-state index in [2.05, 4.69) is 25.6 Å². The number of nitrogens with two attached hydrogens (primary N) is 2. The number of ether oxygens (including phenoxy) is 1. The van der Waals surface area contributed by atoms with E-state index in [1.807, 2.05) is 4.90 Å². The summed E-state index contributed by atoms with van der Waals surface area (Å²) in [5.74, 6) is -0.703. The number of morpholine rings is 1. The van der Waals surface area contributed by atoms with Crippen molar-refractivity contribution in [2.75, 3.05) is 41.8 Å². The topological polar surface area (TPSA) is 144 Å². The first-order valence-corrected chi connectivity index (χ1v) is 10.5. The summed E-state index contributed by atoms with van der Waals surface area (Å²) >= 11 is 0. The quantitative estimate of drug-likeness (QED) is 0.534. The zero-order chi connectivity index (χ0) is 21.8. The van der Waals surface area contributed by atoms with Gasteiger partial charge >= 0.3 is 0 Å². The second kappa shape index (κ2) is 9.40. The number of pyridine rings is 1. The molecule has 0 radical (unpaired) electrons. The number of aromatic nitrogens is 3. The van der Waals surface area contributed by atoms with Crippen LogP contribution < -0.4 is 27.0 Å². The average molecular weight is 430 g/mol. The van der Waals surface area contributed by atoms with Gasteiger partial charge in [-0.15, -0.1) is 0 Å². The van der Waals surface area contributed by atoms with Gasteiger partial charge in [0.25, 0.3) is 5.91 Å². The van der Waals surface area contributed by atoms with Crippen LogP contribution in [0, 0.1) is 5.82 Å². The molecule has 4 rings (SSSR count). The molecular formula is C20H27FN8O2. The molecule has 166 valence electrons. The number of rotatable bonds is 6. The Morgan fingerprint density at radius 3 is 2.55 bits per heavy atom. The monoisotopic (exact) mass is 430 g/mol. The fourth-order valence-corrected chi connectivity index (χ4v) is 3.84. The molecule has 1 saturated heterocycles. The Hall–Kier alpha value is -3.05. The summed E-state index contributed by atoms with van der Waals surface area (Å²) in [6.45, 7) is 2.70. The van der Waals surface area contributed by atoms with Gasteiger partial charge in [0.05, 0.1) is 36.9 Å². The molecule has 0 aromatic carbocycles. The zero-order valence-corrected chi connectivity index (χ0v) is 17.2. The van der Waals surface area contributed by atoms with Crippen LogP contribution in [0.2, 0.25) is 0 Å². The van der Waals surface area contributed by atoms with E-state index in [-0.39, 0.29) is 29.3 Å². The molecular weight excluding hydrogens is 403 g/mol. The molecule has 1 saturated carbocycles. The fourth-order valence-electron chi connectivity index (χ4n) is 3.84. The molecule has 2 aromatic heterocycles. The number of carbonyl (C=O) groups excluding carboxylic acids is 1. The molecule has 2 atom stereocenters. The van der Waals surface area contributed by atoms with E-state index in [4.69, 9.17) is 16.2 Å². The van der Waals surface area contributed by atoms with Gasteiger partial charge in [-0.1, -0.05) is 12.8 Å². The maximum Gasteiger partial charge on any atom is 0.252 e. The van der Waals surface area contributed by atoms with E-state index in [0.717, 1.165) is 44.8 Å². The summed E-state index contributed by atoms with van der Waals surface area (Å²) < 4.78 is 20.0. The highest BCUT2D eigenvalue weighted by atomic mass is 19.1. The third kappa shape index (κ3) is 5.00. The third-order valence-corrected chi connectivity index (χ3v) is 5.58. The number of anilines is 4. The van der Waals surface area contributed by atoms with Crippen LogP contribution in [-0.4, -0.2) is 59.2 Å². The number of hydrogen-bond acceptors (Lipinski definition) is 9. The molecule has 11 heteroatoms. The van der Waals surface area contributed by atoms with E-state index in [1.54, 1.807) is 12.4 Å². The summed E-state index contributed by atoms with van der Waals surface area (Å²) in [6.07, 6.45) is 6.94. The minimum absolute atomic E-state index is 0.0284. The van der Waals surface area contributed by atoms with Gasteiger partial charge in [-0.25, -0.2) is 19.3 Å². The van der Waals surface area contributed by atoms with Gasteiger partial charge in [0.2, 0.25) is 5.95 Å². The van der Waals surface area contributed by atoms with E-state index >= 15 is 0 Å². The molecule has 0 spiro atoms. The number of amides is 1. The van der Waals surface area contributed by atoms with Crippen LogP contribution >= 0.6 is 0 Å². The Balaban J connectivity index is 1.55. The Morgan fingerprint density at radius 1 is 1.16 bits per heavy atom. The van der Waals surface area contributed by atoms with Crippen molar-refractivity contribution in [1.82, 2.24) is 15.0 Å². The van der Waals surface area contributed by atoms with Gasteiger partial charge in [-0.05, 0) is 18.9 Å². The summed E-state index contributed by atoms with van der Waals surface area (Å²) in [7, 11) is 0. The van der Waals surface area contributed by atoms with Crippen molar-refractivity contribution in [3.05, 3.63) is 29.8 Å². The molecule has 6 N–H and O–H groups in total. The average Bonchev–Trinajstić information content (AvgIpc) is 2.78. The molecule has 2 unspecified atom stereocenters. The number of nitrogens with zero attached hydrogens (tertiary/aromatic N) is 4. The van der Waals surface area contributed by atoms with Crippen LogP contribution in [0.25, 0.3) is 0 Å². The van der Waals surface area contributed by atoms with Crippen molar-refractivity contribution in [2.24, 2.45) is 11.5 Å². The summed E-state index contributed by atoms with van der Waals surface area (Å²) in [5, 5.41) is 6.07. The lowest BCUT2D eigenvalue weighted by atomic mass is 9.91. The first-order chi connectivity index (χ1) is 15.0. The standard InChI is InChI=1S/C20H27FN8O2/c21-14-9-13(17(23)30)18(28-19(14)27-16-4-2-1-3-15(16)22)26-12-10-24-20(25-11-12)29-5-7-31-8-6-29/h9-11,15-16H,1-8,22H2,(H2,23,30)(H2,26,27,28). The predicted molar refractivity (Wildman–Crippen MR) is 115 cm³/mol. The Kier molecular flexibility index (Phi) is 6.42. The smallest absolute Gasteiger partial charge is 0.252 e.